The van der Waals surface area contributed by atoms with Gasteiger partial charge in [-0.15, -0.1) is 0 Å². The summed E-state index contributed by atoms with van der Waals surface area (Å²) in [5.74, 6) is 0. The van der Waals surface area contributed by atoms with Gasteiger partial charge in [-0.2, -0.15) is 19.6 Å². The molecule has 2 aromatic heterocycles. The van der Waals surface area contributed by atoms with E-state index in [9.17, 15) is 19.7 Å². The van der Waals surface area contributed by atoms with Gasteiger partial charge in [0.05, 0.1) is 48.0 Å². The number of nitro groups is 1. The summed E-state index contributed by atoms with van der Waals surface area (Å²) in [6.45, 7) is 0. The number of nitro benzene ring substituents is 1. The first-order valence-corrected chi connectivity index (χ1v) is 8.39. The third-order valence-electron chi connectivity index (χ3n) is 4.13. The minimum Gasteiger partial charge on any atom is -0.451 e. The summed E-state index contributed by atoms with van der Waals surface area (Å²) < 4.78 is 11.2. The van der Waals surface area contributed by atoms with Crippen molar-refractivity contribution in [2.45, 2.75) is 0 Å². The minimum absolute atomic E-state index is 0.0901. The zero-order chi connectivity index (χ0) is 21.8. The lowest BCUT2D eigenvalue weighted by Gasteiger charge is -1.99. The molecule has 2 N–H and O–H groups in total. The van der Waals surface area contributed by atoms with E-state index in [1.807, 2.05) is 0 Å². The number of aromatic nitrogens is 4. The summed E-state index contributed by atoms with van der Waals surface area (Å²) in [4.78, 5) is 32.7. The van der Waals surface area contributed by atoms with Crippen molar-refractivity contribution in [2.75, 3.05) is 20.0 Å². The number of anilines is 1. The largest absolute Gasteiger partial charge is 0.451 e. The highest BCUT2D eigenvalue weighted by atomic mass is 16.6. The Bertz CT molecular complexity index is 1260. The van der Waals surface area contributed by atoms with E-state index in [0.717, 1.165) is 10.1 Å². The first-order valence-electron chi connectivity index (χ1n) is 8.39. The molecule has 0 fully saturated rings. The van der Waals surface area contributed by atoms with Crippen LogP contribution in [-0.2, 0) is 9.47 Å². The van der Waals surface area contributed by atoms with Crippen molar-refractivity contribution in [3.63, 3.8) is 0 Å². The summed E-state index contributed by atoms with van der Waals surface area (Å²) in [6, 6.07) is 9.68. The van der Waals surface area contributed by atoms with Crippen molar-refractivity contribution < 1.29 is 24.0 Å². The number of carbonyl (C=O) groups excluding carboxylic acids is 2. The van der Waals surface area contributed by atoms with Crippen LogP contribution in [0.1, 0.15) is 0 Å². The Labute approximate surface area is 168 Å². The van der Waals surface area contributed by atoms with Crippen molar-refractivity contribution in [3.05, 3.63) is 58.9 Å². The van der Waals surface area contributed by atoms with E-state index in [2.05, 4.69) is 19.7 Å². The number of hydrogen-bond donors (Lipinski definition) is 1. The minimum atomic E-state index is -0.685. The Morgan fingerprint density at radius 1 is 0.933 bits per heavy atom. The van der Waals surface area contributed by atoms with Crippen LogP contribution >= 0.6 is 0 Å². The maximum Gasteiger partial charge on any atom is 0.434 e. The molecule has 0 aliphatic heterocycles. The van der Waals surface area contributed by atoms with E-state index >= 15 is 0 Å². The first kappa shape index (κ1) is 20.3. The van der Waals surface area contributed by atoms with Gasteiger partial charge < -0.3 is 15.2 Å². The monoisotopic (exact) mass is 412 g/mol. The van der Waals surface area contributed by atoms with Gasteiger partial charge in [0.25, 0.3) is 5.69 Å². The molecule has 0 saturated heterocycles. The summed E-state index contributed by atoms with van der Waals surface area (Å²) in [5.41, 5.74) is 7.21. The van der Waals surface area contributed by atoms with Gasteiger partial charge in [-0.1, -0.05) is 12.1 Å². The molecule has 0 atom stereocenters. The number of hydrogen-bond acceptors (Lipinski definition) is 9. The molecule has 12 heteroatoms. The molecule has 2 heterocycles. The Morgan fingerprint density at radius 2 is 1.43 bits per heavy atom. The number of nitrogens with zero attached hydrogens (tertiary/aromatic N) is 5. The maximum atomic E-state index is 11.3. The van der Waals surface area contributed by atoms with Gasteiger partial charge in [-0.3, -0.25) is 10.1 Å². The molecule has 0 amide bonds. The molecule has 0 aliphatic carbocycles. The quantitative estimate of drug-likeness (QED) is 0.282. The van der Waals surface area contributed by atoms with Crippen LogP contribution in [0.25, 0.3) is 21.8 Å². The van der Waals surface area contributed by atoms with E-state index in [1.165, 1.54) is 37.2 Å². The predicted molar refractivity (Wildman–Crippen MR) is 106 cm³/mol. The smallest absolute Gasteiger partial charge is 0.434 e. The summed E-state index contributed by atoms with van der Waals surface area (Å²) in [5, 5.41) is 19.4. The number of benzene rings is 2. The first-order chi connectivity index (χ1) is 14.4. The zero-order valence-corrected chi connectivity index (χ0v) is 15.9. The highest BCUT2D eigenvalue weighted by Gasteiger charge is 2.17. The Kier molecular flexibility index (Phi) is 5.58. The molecule has 0 unspecified atom stereocenters. The van der Waals surface area contributed by atoms with Crippen LogP contribution in [-0.4, -0.2) is 50.9 Å². The average Bonchev–Trinajstić information content (AvgIpc) is 3.38. The van der Waals surface area contributed by atoms with E-state index in [4.69, 9.17) is 5.73 Å². The molecule has 30 heavy (non-hydrogen) atoms. The van der Waals surface area contributed by atoms with Crippen molar-refractivity contribution in [1.29, 1.82) is 0 Å². The van der Waals surface area contributed by atoms with Gasteiger partial charge in [0.2, 0.25) is 0 Å². The fraction of sp³-hybridized carbons (Fsp3) is 0.111. The van der Waals surface area contributed by atoms with Crippen LogP contribution in [0.15, 0.2) is 48.8 Å². The third-order valence-corrected chi connectivity index (χ3v) is 4.13. The van der Waals surface area contributed by atoms with Gasteiger partial charge in [0.15, 0.2) is 0 Å². The van der Waals surface area contributed by atoms with Crippen LogP contribution in [0.5, 0.6) is 0 Å². The summed E-state index contributed by atoms with van der Waals surface area (Å²) >= 11 is 0. The van der Waals surface area contributed by atoms with Crippen LogP contribution in [0.3, 0.4) is 0 Å². The van der Waals surface area contributed by atoms with E-state index in [1.54, 1.807) is 30.5 Å². The van der Waals surface area contributed by atoms with Crippen LogP contribution in [0.2, 0.25) is 0 Å². The number of rotatable bonds is 1. The molecule has 0 aliphatic rings. The lowest BCUT2D eigenvalue weighted by Crippen LogP contribution is -2.12. The third kappa shape index (κ3) is 3.61. The van der Waals surface area contributed by atoms with Crippen molar-refractivity contribution in [1.82, 2.24) is 19.6 Å². The molecule has 0 saturated carbocycles. The molecular formula is C18H16N6O6. The molecular weight excluding hydrogens is 396 g/mol. The van der Waals surface area contributed by atoms with E-state index in [0.29, 0.717) is 22.1 Å². The molecule has 4 aromatic rings. The summed E-state index contributed by atoms with van der Waals surface area (Å²) in [6.07, 6.45) is 1.60. The SMILES string of the molecule is COC(=O)n1ncc2c(N)cccc21.COC(=O)n1ncc2c([N+](=O)[O-])cccc21. The highest BCUT2D eigenvalue weighted by molar-refractivity contribution is 5.95. The second kappa shape index (κ2) is 8.26. The maximum absolute atomic E-state index is 11.3. The Balaban J connectivity index is 0.000000172. The van der Waals surface area contributed by atoms with E-state index in [-0.39, 0.29) is 5.69 Å². The Morgan fingerprint density at radius 3 is 1.97 bits per heavy atom. The molecule has 0 radical (unpaired) electrons. The van der Waals surface area contributed by atoms with Crippen molar-refractivity contribution >= 4 is 45.4 Å². The standard InChI is InChI=1S/C9H7N3O4.C9H9N3O2/c1-16-9(13)11-7-3-2-4-8(12(14)15)6(7)5-10-11;1-14-9(13)12-8-4-2-3-7(10)6(8)5-11-12/h2-5H,1H3;2-5H,10H2,1H3. The number of non-ortho nitro benzene ring substituents is 1. The number of ether oxygens (including phenoxy) is 2. The molecule has 154 valence electrons. The molecule has 0 spiro atoms. The van der Waals surface area contributed by atoms with Crippen LogP contribution in [0.4, 0.5) is 21.0 Å². The number of fused-ring (bicyclic) bond motifs is 2. The zero-order valence-electron chi connectivity index (χ0n) is 15.9. The number of nitrogens with two attached hydrogens (primary N) is 1. The highest BCUT2D eigenvalue weighted by Crippen LogP contribution is 2.24. The van der Waals surface area contributed by atoms with Crippen LogP contribution in [0, 0.1) is 10.1 Å². The number of nitrogen functional groups attached to an aromatic ring is 1. The van der Waals surface area contributed by atoms with Crippen LogP contribution < -0.4 is 5.73 Å². The molecule has 12 nitrogen and oxygen atoms in total. The van der Waals surface area contributed by atoms with Gasteiger partial charge >= 0.3 is 12.2 Å². The number of carbonyl (C=O) groups is 2. The fourth-order valence-electron chi connectivity index (χ4n) is 2.73. The lowest BCUT2D eigenvalue weighted by atomic mass is 10.2. The van der Waals surface area contributed by atoms with Gasteiger partial charge in [-0.05, 0) is 18.2 Å². The summed E-state index contributed by atoms with van der Waals surface area (Å²) in [7, 11) is 2.52. The lowest BCUT2D eigenvalue weighted by molar-refractivity contribution is -0.383. The Hall–Kier alpha value is -4.48. The molecule has 2 aromatic carbocycles. The van der Waals surface area contributed by atoms with Gasteiger partial charge in [-0.25, -0.2) is 9.59 Å². The number of methoxy groups -OCH3 is 2. The average molecular weight is 412 g/mol. The van der Waals surface area contributed by atoms with E-state index < -0.39 is 17.1 Å². The topological polar surface area (TPSA) is 157 Å². The second-order valence-corrected chi connectivity index (χ2v) is 5.80. The van der Waals surface area contributed by atoms with Gasteiger partial charge in [0, 0.05) is 17.1 Å². The predicted octanol–water partition coefficient (Wildman–Crippen LogP) is 2.79. The van der Waals surface area contributed by atoms with Crippen molar-refractivity contribution in [3.8, 4) is 0 Å². The van der Waals surface area contributed by atoms with Gasteiger partial charge in [0.1, 0.15) is 0 Å². The second-order valence-electron chi connectivity index (χ2n) is 5.80. The normalized spacial score (nSPS) is 10.3. The molecule has 4 rings (SSSR count). The fourth-order valence-corrected chi connectivity index (χ4v) is 2.73. The molecule has 0 bridgehead atoms. The van der Waals surface area contributed by atoms with Crippen molar-refractivity contribution in [2.24, 2.45) is 0 Å².